The third-order valence-corrected chi connectivity index (χ3v) is 4.18. The molecule has 0 spiro atoms. The molecule has 0 aliphatic carbocycles. The summed E-state index contributed by atoms with van der Waals surface area (Å²) < 4.78 is 1.61. The number of carbonyl (C=O) groups excluding carboxylic acids is 1. The summed E-state index contributed by atoms with van der Waals surface area (Å²) in [4.78, 5) is 31.8. The summed E-state index contributed by atoms with van der Waals surface area (Å²) in [5.74, 6) is 0.143. The number of nitrogens with one attached hydrogen (secondary N) is 2. The van der Waals surface area contributed by atoms with E-state index in [0.717, 1.165) is 11.3 Å². The van der Waals surface area contributed by atoms with E-state index >= 15 is 0 Å². The van der Waals surface area contributed by atoms with E-state index in [1.54, 1.807) is 16.8 Å². The number of aromatic nitrogens is 4. The fourth-order valence-corrected chi connectivity index (χ4v) is 2.86. The lowest BCUT2D eigenvalue weighted by Gasteiger charge is -2.07. The highest BCUT2D eigenvalue weighted by atomic mass is 16.1. The van der Waals surface area contributed by atoms with Crippen LogP contribution in [0.3, 0.4) is 0 Å². The average molecular weight is 359 g/mol. The van der Waals surface area contributed by atoms with Crippen LogP contribution in [0.15, 0.2) is 65.6 Å². The lowest BCUT2D eigenvalue weighted by molar-refractivity contribution is 0.0950. The molecule has 0 unspecified atom stereocenters. The van der Waals surface area contributed by atoms with E-state index in [2.05, 4.69) is 20.4 Å². The SMILES string of the molecule is Cc1cccc(C(=O)NCc2nc3c(cnn3-c3ccccc3)c(=O)[nH]2)c1. The summed E-state index contributed by atoms with van der Waals surface area (Å²) in [6.45, 7) is 2.03. The van der Waals surface area contributed by atoms with Crippen molar-refractivity contribution in [2.45, 2.75) is 13.5 Å². The van der Waals surface area contributed by atoms with Gasteiger partial charge in [-0.15, -0.1) is 0 Å². The van der Waals surface area contributed by atoms with Crippen LogP contribution in [-0.4, -0.2) is 25.7 Å². The molecule has 134 valence electrons. The maximum absolute atomic E-state index is 12.3. The molecule has 0 saturated heterocycles. The van der Waals surface area contributed by atoms with Gasteiger partial charge >= 0.3 is 0 Å². The zero-order valence-electron chi connectivity index (χ0n) is 14.6. The largest absolute Gasteiger partial charge is 0.345 e. The number of H-pyrrole nitrogens is 1. The molecule has 7 nitrogen and oxygen atoms in total. The number of para-hydroxylation sites is 1. The maximum atomic E-state index is 12.3. The van der Waals surface area contributed by atoms with Crippen LogP contribution in [-0.2, 0) is 6.54 Å². The van der Waals surface area contributed by atoms with Crippen molar-refractivity contribution in [3.05, 3.63) is 88.1 Å². The Morgan fingerprint density at radius 3 is 2.74 bits per heavy atom. The minimum Gasteiger partial charge on any atom is -0.345 e. The average Bonchev–Trinajstić information content (AvgIpc) is 3.11. The molecule has 7 heteroatoms. The lowest BCUT2D eigenvalue weighted by Crippen LogP contribution is -2.25. The van der Waals surface area contributed by atoms with Crippen LogP contribution < -0.4 is 10.9 Å². The van der Waals surface area contributed by atoms with E-state index in [1.165, 1.54) is 6.20 Å². The number of aryl methyl sites for hydroxylation is 1. The van der Waals surface area contributed by atoms with E-state index in [0.29, 0.717) is 22.4 Å². The van der Waals surface area contributed by atoms with Crippen molar-refractivity contribution in [1.29, 1.82) is 0 Å². The van der Waals surface area contributed by atoms with Gasteiger partial charge in [0.1, 0.15) is 11.2 Å². The molecule has 2 aromatic heterocycles. The highest BCUT2D eigenvalue weighted by Gasteiger charge is 2.12. The van der Waals surface area contributed by atoms with Crippen molar-refractivity contribution < 1.29 is 4.79 Å². The van der Waals surface area contributed by atoms with Crippen molar-refractivity contribution in [3.63, 3.8) is 0 Å². The zero-order valence-corrected chi connectivity index (χ0v) is 14.6. The van der Waals surface area contributed by atoms with Crippen LogP contribution in [0, 0.1) is 6.92 Å². The van der Waals surface area contributed by atoms with Crippen molar-refractivity contribution in [3.8, 4) is 5.69 Å². The Balaban J connectivity index is 1.63. The predicted octanol–water partition coefficient (Wildman–Crippen LogP) is 2.35. The van der Waals surface area contributed by atoms with Gasteiger partial charge in [0.05, 0.1) is 18.4 Å². The minimum absolute atomic E-state index is 0.109. The number of nitrogens with zero attached hydrogens (tertiary/aromatic N) is 3. The summed E-state index contributed by atoms with van der Waals surface area (Å²) in [7, 11) is 0. The molecule has 2 N–H and O–H groups in total. The van der Waals surface area contributed by atoms with Gasteiger partial charge in [0.2, 0.25) is 0 Å². The predicted molar refractivity (Wildman–Crippen MR) is 102 cm³/mol. The van der Waals surface area contributed by atoms with Crippen LogP contribution in [0.4, 0.5) is 0 Å². The first kappa shape index (κ1) is 16.7. The van der Waals surface area contributed by atoms with E-state index in [4.69, 9.17) is 0 Å². The molecule has 0 atom stereocenters. The second-order valence-electron chi connectivity index (χ2n) is 6.19. The van der Waals surface area contributed by atoms with Crippen LogP contribution in [0.25, 0.3) is 16.7 Å². The summed E-state index contributed by atoms with van der Waals surface area (Å²) in [6.07, 6.45) is 1.49. The molecule has 2 aromatic carbocycles. The fourth-order valence-electron chi connectivity index (χ4n) is 2.86. The molecule has 0 fully saturated rings. The molecular weight excluding hydrogens is 342 g/mol. The number of hydrogen-bond donors (Lipinski definition) is 2. The summed E-state index contributed by atoms with van der Waals surface area (Å²) >= 11 is 0. The molecular formula is C20H17N5O2. The molecule has 0 aliphatic rings. The summed E-state index contributed by atoms with van der Waals surface area (Å²) in [5.41, 5.74) is 2.53. The first-order valence-corrected chi connectivity index (χ1v) is 8.49. The number of fused-ring (bicyclic) bond motifs is 1. The van der Waals surface area contributed by atoms with E-state index in [-0.39, 0.29) is 18.0 Å². The third kappa shape index (κ3) is 3.35. The first-order valence-electron chi connectivity index (χ1n) is 8.49. The van der Waals surface area contributed by atoms with Crippen LogP contribution in [0.5, 0.6) is 0 Å². The van der Waals surface area contributed by atoms with Crippen molar-refractivity contribution in [2.75, 3.05) is 0 Å². The Bertz CT molecular complexity index is 1180. The normalized spacial score (nSPS) is 10.9. The highest BCUT2D eigenvalue weighted by molar-refractivity contribution is 5.94. The maximum Gasteiger partial charge on any atom is 0.262 e. The number of carbonyl (C=O) groups is 1. The second-order valence-corrected chi connectivity index (χ2v) is 6.19. The molecule has 0 bridgehead atoms. The second kappa shape index (κ2) is 6.87. The zero-order chi connectivity index (χ0) is 18.8. The summed E-state index contributed by atoms with van der Waals surface area (Å²) in [5, 5.41) is 7.45. The van der Waals surface area contributed by atoms with Crippen molar-refractivity contribution >= 4 is 16.9 Å². The molecule has 1 amide bonds. The first-order chi connectivity index (χ1) is 13.1. The van der Waals surface area contributed by atoms with Gasteiger partial charge < -0.3 is 10.3 Å². The van der Waals surface area contributed by atoms with Gasteiger partial charge in [-0.05, 0) is 31.2 Å². The quantitative estimate of drug-likeness (QED) is 0.585. The van der Waals surface area contributed by atoms with Crippen molar-refractivity contribution in [2.24, 2.45) is 0 Å². The third-order valence-electron chi connectivity index (χ3n) is 4.18. The highest BCUT2D eigenvalue weighted by Crippen LogP contribution is 2.13. The fraction of sp³-hybridized carbons (Fsp3) is 0.100. The van der Waals surface area contributed by atoms with Crippen LogP contribution in [0.2, 0.25) is 0 Å². The Morgan fingerprint density at radius 1 is 1.15 bits per heavy atom. The molecule has 4 rings (SSSR count). The van der Waals surface area contributed by atoms with E-state index in [9.17, 15) is 9.59 Å². The van der Waals surface area contributed by atoms with E-state index in [1.807, 2.05) is 49.4 Å². The smallest absolute Gasteiger partial charge is 0.262 e. The monoisotopic (exact) mass is 359 g/mol. The topological polar surface area (TPSA) is 92.7 Å². The molecule has 0 aliphatic heterocycles. The number of aromatic amines is 1. The Hall–Kier alpha value is -3.74. The number of hydrogen-bond acceptors (Lipinski definition) is 4. The van der Waals surface area contributed by atoms with Gasteiger partial charge in [-0.25, -0.2) is 9.67 Å². The standard InChI is InChI=1S/C20H17N5O2/c1-13-6-5-7-14(10-13)19(26)21-12-17-23-18-16(20(27)24-17)11-22-25(18)15-8-3-2-4-9-15/h2-11H,12H2,1H3,(H,21,26)(H,23,24,27). The molecule has 4 aromatic rings. The molecule has 0 saturated carbocycles. The van der Waals surface area contributed by atoms with Gasteiger partial charge in [0.15, 0.2) is 5.65 Å². The Kier molecular flexibility index (Phi) is 4.25. The minimum atomic E-state index is -0.290. The van der Waals surface area contributed by atoms with E-state index < -0.39 is 0 Å². The van der Waals surface area contributed by atoms with Gasteiger partial charge in [-0.2, -0.15) is 5.10 Å². The van der Waals surface area contributed by atoms with Gasteiger partial charge in [-0.3, -0.25) is 9.59 Å². The Morgan fingerprint density at radius 2 is 1.96 bits per heavy atom. The molecule has 2 heterocycles. The Labute approximate surface area is 154 Å². The van der Waals surface area contributed by atoms with Gasteiger partial charge in [0, 0.05) is 5.56 Å². The summed E-state index contributed by atoms with van der Waals surface area (Å²) in [6, 6.07) is 16.7. The van der Waals surface area contributed by atoms with Crippen LogP contribution >= 0.6 is 0 Å². The number of rotatable bonds is 4. The molecule has 0 radical (unpaired) electrons. The van der Waals surface area contributed by atoms with Crippen molar-refractivity contribution in [1.82, 2.24) is 25.1 Å². The van der Waals surface area contributed by atoms with Crippen LogP contribution in [0.1, 0.15) is 21.7 Å². The molecule has 27 heavy (non-hydrogen) atoms. The number of amides is 1. The number of benzene rings is 2. The lowest BCUT2D eigenvalue weighted by atomic mass is 10.1. The van der Waals surface area contributed by atoms with Gasteiger partial charge in [0.25, 0.3) is 11.5 Å². The van der Waals surface area contributed by atoms with Gasteiger partial charge in [-0.1, -0.05) is 35.9 Å².